The van der Waals surface area contributed by atoms with E-state index in [9.17, 15) is 15.2 Å². The van der Waals surface area contributed by atoms with E-state index in [-0.39, 0.29) is 23.1 Å². The van der Waals surface area contributed by atoms with E-state index < -0.39 is 4.92 Å². The molecule has 2 aromatic rings. The van der Waals surface area contributed by atoms with Gasteiger partial charge >= 0.3 is 0 Å². The van der Waals surface area contributed by atoms with Gasteiger partial charge in [-0.2, -0.15) is 5.26 Å². The van der Waals surface area contributed by atoms with E-state index in [0.717, 1.165) is 6.07 Å². The molecule has 0 radical (unpaired) electrons. The Bertz CT molecular complexity index is 816. The second kappa shape index (κ2) is 7.11. The lowest BCUT2D eigenvalue weighted by molar-refractivity contribution is -0.384. The molecule has 9 heteroatoms. The molecule has 3 N–H and O–H groups in total. The van der Waals surface area contributed by atoms with Gasteiger partial charge in [-0.1, -0.05) is 23.7 Å². The number of para-hydroxylation sites is 1. The molecule has 0 atom stereocenters. The standard InChI is InChI=1S/C14H10ClN5O3/c15-10-3-1-2-4-11(10)18-14(17-8-16)19-12-6-5-9(20(22)23)7-13(12)21/h1-7,21H,(H2,17,18,19). The van der Waals surface area contributed by atoms with Crippen molar-refractivity contribution in [2.45, 2.75) is 0 Å². The van der Waals surface area contributed by atoms with Gasteiger partial charge in [-0.15, -0.1) is 0 Å². The minimum atomic E-state index is -0.629. The van der Waals surface area contributed by atoms with Gasteiger partial charge in [0.1, 0.15) is 5.75 Å². The van der Waals surface area contributed by atoms with Crippen LogP contribution in [-0.2, 0) is 0 Å². The van der Waals surface area contributed by atoms with Gasteiger partial charge in [-0.25, -0.2) is 4.99 Å². The van der Waals surface area contributed by atoms with Crippen LogP contribution in [0.3, 0.4) is 0 Å². The van der Waals surface area contributed by atoms with Crippen molar-refractivity contribution in [1.82, 2.24) is 5.32 Å². The predicted molar refractivity (Wildman–Crippen MR) is 85.7 cm³/mol. The first-order valence-corrected chi connectivity index (χ1v) is 6.62. The molecule has 0 unspecified atom stereocenters. The van der Waals surface area contributed by atoms with E-state index in [2.05, 4.69) is 15.6 Å². The van der Waals surface area contributed by atoms with E-state index in [4.69, 9.17) is 16.9 Å². The Kier molecular flexibility index (Phi) is 4.96. The number of aliphatic imine (C=N–C) groups is 1. The number of nitriles is 1. The van der Waals surface area contributed by atoms with Crippen molar-refractivity contribution in [3.05, 3.63) is 57.6 Å². The molecule has 0 aliphatic carbocycles. The largest absolute Gasteiger partial charge is 0.506 e. The number of aromatic hydroxyl groups is 1. The van der Waals surface area contributed by atoms with Crippen LogP contribution in [0.15, 0.2) is 47.5 Å². The molecule has 0 fully saturated rings. The van der Waals surface area contributed by atoms with E-state index in [0.29, 0.717) is 10.7 Å². The number of phenolic OH excluding ortho intramolecular Hbond substituents is 1. The monoisotopic (exact) mass is 331 g/mol. The van der Waals surface area contributed by atoms with Crippen LogP contribution in [0.25, 0.3) is 0 Å². The van der Waals surface area contributed by atoms with E-state index in [1.54, 1.807) is 30.5 Å². The van der Waals surface area contributed by atoms with Gasteiger partial charge in [0.2, 0.25) is 5.96 Å². The summed E-state index contributed by atoms with van der Waals surface area (Å²) in [7, 11) is 0. The maximum atomic E-state index is 10.6. The van der Waals surface area contributed by atoms with Gasteiger partial charge in [0, 0.05) is 6.07 Å². The highest BCUT2D eigenvalue weighted by Crippen LogP contribution is 2.28. The third kappa shape index (κ3) is 4.09. The fourth-order valence-corrected chi connectivity index (χ4v) is 1.85. The molecule has 2 rings (SSSR count). The third-order valence-electron chi connectivity index (χ3n) is 2.70. The van der Waals surface area contributed by atoms with Crippen molar-refractivity contribution in [3.63, 3.8) is 0 Å². The molecule has 0 saturated heterocycles. The van der Waals surface area contributed by atoms with Crippen LogP contribution in [0.4, 0.5) is 17.1 Å². The van der Waals surface area contributed by atoms with Gasteiger partial charge in [-0.05, 0) is 18.2 Å². The highest BCUT2D eigenvalue weighted by atomic mass is 35.5. The topological polar surface area (TPSA) is 124 Å². The summed E-state index contributed by atoms with van der Waals surface area (Å²) in [6.07, 6.45) is 1.70. The number of nitro benzene ring substituents is 1. The summed E-state index contributed by atoms with van der Waals surface area (Å²) in [6, 6.07) is 10.2. The molecular formula is C14H10ClN5O3. The minimum Gasteiger partial charge on any atom is -0.506 e. The number of phenols is 1. The molecule has 0 aliphatic rings. The molecule has 0 spiro atoms. The van der Waals surface area contributed by atoms with E-state index >= 15 is 0 Å². The number of anilines is 1. The molecule has 23 heavy (non-hydrogen) atoms. The number of non-ortho nitro benzene ring substituents is 1. The molecule has 116 valence electrons. The third-order valence-corrected chi connectivity index (χ3v) is 3.02. The highest BCUT2D eigenvalue weighted by Gasteiger charge is 2.11. The van der Waals surface area contributed by atoms with Crippen molar-refractivity contribution >= 4 is 34.6 Å². The van der Waals surface area contributed by atoms with Crippen molar-refractivity contribution in [2.75, 3.05) is 5.32 Å². The summed E-state index contributed by atoms with van der Waals surface area (Å²) in [5.41, 5.74) is 0.288. The number of nitrogens with zero attached hydrogens (tertiary/aromatic N) is 3. The first-order valence-electron chi connectivity index (χ1n) is 6.24. The zero-order valence-electron chi connectivity index (χ0n) is 11.5. The number of rotatable bonds is 3. The molecule has 0 aromatic heterocycles. The summed E-state index contributed by atoms with van der Waals surface area (Å²) in [5.74, 6) is -0.351. The number of halogens is 1. The Morgan fingerprint density at radius 2 is 2.09 bits per heavy atom. The first kappa shape index (κ1) is 16.1. The fourth-order valence-electron chi connectivity index (χ4n) is 1.67. The van der Waals surface area contributed by atoms with Crippen LogP contribution in [-0.4, -0.2) is 16.0 Å². The summed E-state index contributed by atoms with van der Waals surface area (Å²) < 4.78 is 0. The van der Waals surface area contributed by atoms with Gasteiger partial charge in [0.05, 0.1) is 27.4 Å². The zero-order valence-corrected chi connectivity index (χ0v) is 12.3. The summed E-state index contributed by atoms with van der Waals surface area (Å²) in [4.78, 5) is 14.2. The lowest BCUT2D eigenvalue weighted by Crippen LogP contribution is -2.26. The molecule has 0 heterocycles. The van der Waals surface area contributed by atoms with Crippen LogP contribution in [0.1, 0.15) is 0 Å². The Hall–Kier alpha value is -3.31. The quantitative estimate of drug-likeness (QED) is 0.151. The Labute approximate surface area is 135 Å². The van der Waals surface area contributed by atoms with Gasteiger partial charge in [0.25, 0.3) is 5.69 Å². The second-order valence-electron chi connectivity index (χ2n) is 4.23. The molecular weight excluding hydrogens is 322 g/mol. The van der Waals surface area contributed by atoms with Crippen LogP contribution in [0, 0.1) is 21.6 Å². The summed E-state index contributed by atoms with van der Waals surface area (Å²) in [6.45, 7) is 0. The number of benzene rings is 2. The summed E-state index contributed by atoms with van der Waals surface area (Å²) in [5, 5.41) is 34.6. The number of hydrogen-bond donors (Lipinski definition) is 3. The molecule has 0 amide bonds. The van der Waals surface area contributed by atoms with Crippen LogP contribution in [0.2, 0.25) is 5.02 Å². The van der Waals surface area contributed by atoms with Crippen LogP contribution >= 0.6 is 11.6 Å². The van der Waals surface area contributed by atoms with Crippen molar-refractivity contribution in [2.24, 2.45) is 4.99 Å². The SMILES string of the molecule is N#CNC(=Nc1ccccc1Cl)Nc1ccc([N+](=O)[O-])cc1O. The second-order valence-corrected chi connectivity index (χ2v) is 4.64. The van der Waals surface area contributed by atoms with E-state index in [1.807, 2.05) is 0 Å². The number of nitrogens with one attached hydrogen (secondary N) is 2. The fraction of sp³-hybridized carbons (Fsp3) is 0. The normalized spacial score (nSPS) is 10.7. The zero-order chi connectivity index (χ0) is 16.8. The van der Waals surface area contributed by atoms with Gasteiger partial charge < -0.3 is 10.4 Å². The number of hydrogen-bond acceptors (Lipinski definition) is 5. The lowest BCUT2D eigenvalue weighted by Gasteiger charge is -2.10. The average molecular weight is 332 g/mol. The lowest BCUT2D eigenvalue weighted by atomic mass is 10.2. The predicted octanol–water partition coefficient (Wildman–Crippen LogP) is 3.12. The maximum Gasteiger partial charge on any atom is 0.273 e. The smallest absolute Gasteiger partial charge is 0.273 e. The summed E-state index contributed by atoms with van der Waals surface area (Å²) >= 11 is 5.99. The average Bonchev–Trinajstić information content (AvgIpc) is 2.51. The van der Waals surface area contributed by atoms with Crippen molar-refractivity contribution in [3.8, 4) is 11.9 Å². The minimum absolute atomic E-state index is 0.00440. The Balaban J connectivity index is 2.32. The Morgan fingerprint density at radius 1 is 1.35 bits per heavy atom. The van der Waals surface area contributed by atoms with Crippen LogP contribution in [0.5, 0.6) is 5.75 Å². The number of nitro groups is 1. The highest BCUT2D eigenvalue weighted by molar-refractivity contribution is 6.33. The molecule has 0 saturated carbocycles. The first-order chi connectivity index (χ1) is 11.0. The molecule has 8 nitrogen and oxygen atoms in total. The van der Waals surface area contributed by atoms with E-state index in [1.165, 1.54) is 12.1 Å². The molecule has 2 aromatic carbocycles. The van der Waals surface area contributed by atoms with Gasteiger partial charge in [0.15, 0.2) is 6.19 Å². The Morgan fingerprint density at radius 3 is 2.70 bits per heavy atom. The van der Waals surface area contributed by atoms with Crippen LogP contribution < -0.4 is 10.6 Å². The molecule has 0 bridgehead atoms. The maximum absolute atomic E-state index is 10.6. The van der Waals surface area contributed by atoms with Gasteiger partial charge in [-0.3, -0.25) is 15.4 Å². The molecule has 0 aliphatic heterocycles. The van der Waals surface area contributed by atoms with Crippen molar-refractivity contribution < 1.29 is 10.0 Å². The number of guanidine groups is 1. The van der Waals surface area contributed by atoms with Crippen molar-refractivity contribution in [1.29, 1.82) is 5.26 Å².